The molecule has 0 aliphatic carbocycles. The molecule has 0 aromatic rings. The summed E-state index contributed by atoms with van der Waals surface area (Å²) in [6, 6.07) is 0. The second-order valence-electron chi connectivity index (χ2n) is 3.11. The number of epoxide rings is 1. The predicted octanol–water partition coefficient (Wildman–Crippen LogP) is 2.15. The van der Waals surface area contributed by atoms with Crippen molar-refractivity contribution in [1.29, 1.82) is 0 Å². The summed E-state index contributed by atoms with van der Waals surface area (Å²) in [6.07, 6.45) is 8.41. The summed E-state index contributed by atoms with van der Waals surface area (Å²) in [5.41, 5.74) is 0. The van der Waals surface area contributed by atoms with Gasteiger partial charge in [0.1, 0.15) is 6.10 Å². The van der Waals surface area contributed by atoms with Gasteiger partial charge in [0.2, 0.25) is 0 Å². The zero-order chi connectivity index (χ0) is 8.65. The van der Waals surface area contributed by atoms with Crippen molar-refractivity contribution >= 4 is 0 Å². The molecule has 0 aromatic heterocycles. The Kier molecular flexibility index (Phi) is 5.04. The van der Waals surface area contributed by atoms with E-state index in [1.54, 1.807) is 0 Å². The number of allylic oxidation sites excluding steroid dienone is 1. The number of rotatable bonds is 7. The van der Waals surface area contributed by atoms with Crippen LogP contribution in [0.25, 0.3) is 0 Å². The lowest BCUT2D eigenvalue weighted by molar-refractivity contribution is 0.141. The highest BCUT2D eigenvalue weighted by Gasteiger charge is 2.21. The van der Waals surface area contributed by atoms with Crippen molar-refractivity contribution in [1.82, 2.24) is 0 Å². The minimum absolute atomic E-state index is 0.397. The normalized spacial score (nSPS) is 21.9. The van der Waals surface area contributed by atoms with E-state index in [-0.39, 0.29) is 0 Å². The third-order valence-electron chi connectivity index (χ3n) is 1.81. The molecule has 0 N–H and O–H groups in total. The Hall–Kier alpha value is -0.340. The van der Waals surface area contributed by atoms with Gasteiger partial charge in [-0.05, 0) is 6.42 Å². The van der Waals surface area contributed by atoms with Crippen LogP contribution in [0.2, 0.25) is 0 Å². The molecule has 1 atom stereocenters. The van der Waals surface area contributed by atoms with Gasteiger partial charge < -0.3 is 9.47 Å². The van der Waals surface area contributed by atoms with Crippen molar-refractivity contribution in [2.75, 3.05) is 19.8 Å². The SMILES string of the molecule is CCCCC=CCOCC1CO1. The molecule has 1 fully saturated rings. The standard InChI is InChI=1S/C10H18O2/c1-2-3-4-5-6-7-11-8-10-9-12-10/h5-6,10H,2-4,7-9H2,1H3. The summed E-state index contributed by atoms with van der Waals surface area (Å²) in [4.78, 5) is 0. The molecule has 1 unspecified atom stereocenters. The van der Waals surface area contributed by atoms with Crippen molar-refractivity contribution in [3.8, 4) is 0 Å². The smallest absolute Gasteiger partial charge is 0.104 e. The molecule has 0 radical (unpaired) electrons. The van der Waals surface area contributed by atoms with E-state index in [1.165, 1.54) is 19.3 Å². The third-order valence-corrected chi connectivity index (χ3v) is 1.81. The lowest BCUT2D eigenvalue weighted by Gasteiger charge is -1.95. The summed E-state index contributed by atoms with van der Waals surface area (Å²) in [5.74, 6) is 0. The van der Waals surface area contributed by atoms with Crippen LogP contribution in [0.3, 0.4) is 0 Å². The molecule has 0 saturated carbocycles. The lowest BCUT2D eigenvalue weighted by Crippen LogP contribution is -2.00. The Morgan fingerprint density at radius 3 is 3.00 bits per heavy atom. The summed E-state index contributed by atoms with van der Waals surface area (Å²) < 4.78 is 10.3. The van der Waals surface area contributed by atoms with Gasteiger partial charge in [-0.1, -0.05) is 31.9 Å². The molecule has 2 nitrogen and oxygen atoms in total. The Balaban J connectivity index is 1.76. The number of hydrogen-bond donors (Lipinski definition) is 0. The fourth-order valence-corrected chi connectivity index (χ4v) is 0.940. The highest BCUT2D eigenvalue weighted by molar-refractivity contribution is 4.81. The molecule has 0 aromatic carbocycles. The van der Waals surface area contributed by atoms with E-state index in [2.05, 4.69) is 19.1 Å². The summed E-state index contributed by atoms with van der Waals surface area (Å²) in [5, 5.41) is 0. The van der Waals surface area contributed by atoms with Crippen LogP contribution in [0.15, 0.2) is 12.2 Å². The molecule has 70 valence electrons. The zero-order valence-corrected chi connectivity index (χ0v) is 7.79. The lowest BCUT2D eigenvalue weighted by atomic mass is 10.2. The van der Waals surface area contributed by atoms with Crippen LogP contribution >= 0.6 is 0 Å². The molecular weight excluding hydrogens is 152 g/mol. The molecule has 12 heavy (non-hydrogen) atoms. The first kappa shape index (κ1) is 9.75. The van der Waals surface area contributed by atoms with Gasteiger partial charge in [0.05, 0.1) is 19.8 Å². The second-order valence-corrected chi connectivity index (χ2v) is 3.11. The zero-order valence-electron chi connectivity index (χ0n) is 7.79. The molecular formula is C10H18O2. The van der Waals surface area contributed by atoms with E-state index in [4.69, 9.17) is 9.47 Å². The summed E-state index contributed by atoms with van der Waals surface area (Å²) >= 11 is 0. The molecule has 0 bridgehead atoms. The van der Waals surface area contributed by atoms with Gasteiger partial charge in [0.25, 0.3) is 0 Å². The molecule has 1 rings (SSSR count). The molecule has 0 amide bonds. The largest absolute Gasteiger partial charge is 0.375 e. The van der Waals surface area contributed by atoms with Gasteiger partial charge in [0.15, 0.2) is 0 Å². The second kappa shape index (κ2) is 6.21. The topological polar surface area (TPSA) is 21.8 Å². The van der Waals surface area contributed by atoms with Crippen LogP contribution in [-0.2, 0) is 9.47 Å². The highest BCUT2D eigenvalue weighted by atomic mass is 16.6. The number of unbranched alkanes of at least 4 members (excludes halogenated alkanes) is 2. The Morgan fingerprint density at radius 1 is 1.50 bits per heavy atom. The fourth-order valence-electron chi connectivity index (χ4n) is 0.940. The van der Waals surface area contributed by atoms with E-state index in [9.17, 15) is 0 Å². The van der Waals surface area contributed by atoms with Crippen molar-refractivity contribution in [3.63, 3.8) is 0 Å². The monoisotopic (exact) mass is 170 g/mol. The van der Waals surface area contributed by atoms with Gasteiger partial charge >= 0.3 is 0 Å². The van der Waals surface area contributed by atoms with E-state index in [0.717, 1.165) is 19.8 Å². The average Bonchev–Trinajstić information content (AvgIpc) is 2.87. The van der Waals surface area contributed by atoms with E-state index >= 15 is 0 Å². The van der Waals surface area contributed by atoms with Crippen molar-refractivity contribution in [2.45, 2.75) is 32.3 Å². The molecule has 1 aliphatic heterocycles. The van der Waals surface area contributed by atoms with Crippen molar-refractivity contribution in [2.24, 2.45) is 0 Å². The minimum atomic E-state index is 0.397. The highest BCUT2D eigenvalue weighted by Crippen LogP contribution is 2.08. The average molecular weight is 170 g/mol. The van der Waals surface area contributed by atoms with Gasteiger partial charge in [-0.15, -0.1) is 0 Å². The van der Waals surface area contributed by atoms with Gasteiger partial charge in [-0.3, -0.25) is 0 Å². The summed E-state index contributed by atoms with van der Waals surface area (Å²) in [7, 11) is 0. The Morgan fingerprint density at radius 2 is 2.33 bits per heavy atom. The van der Waals surface area contributed by atoms with Gasteiger partial charge in [0, 0.05) is 0 Å². The predicted molar refractivity (Wildman–Crippen MR) is 49.2 cm³/mol. The number of ether oxygens (including phenoxy) is 2. The maximum absolute atomic E-state index is 5.33. The molecule has 1 aliphatic rings. The van der Waals surface area contributed by atoms with E-state index in [1.807, 2.05) is 0 Å². The first-order chi connectivity index (χ1) is 5.93. The van der Waals surface area contributed by atoms with Crippen LogP contribution in [0, 0.1) is 0 Å². The third kappa shape index (κ3) is 5.33. The first-order valence-electron chi connectivity index (χ1n) is 4.78. The van der Waals surface area contributed by atoms with Gasteiger partial charge in [-0.2, -0.15) is 0 Å². The molecule has 1 heterocycles. The maximum Gasteiger partial charge on any atom is 0.104 e. The maximum atomic E-state index is 5.33. The van der Waals surface area contributed by atoms with E-state index in [0.29, 0.717) is 6.10 Å². The van der Waals surface area contributed by atoms with Crippen LogP contribution in [-0.4, -0.2) is 25.9 Å². The fraction of sp³-hybridized carbons (Fsp3) is 0.800. The van der Waals surface area contributed by atoms with Crippen molar-refractivity contribution < 1.29 is 9.47 Å². The van der Waals surface area contributed by atoms with Crippen molar-refractivity contribution in [3.05, 3.63) is 12.2 Å². The van der Waals surface area contributed by atoms with E-state index < -0.39 is 0 Å². The summed E-state index contributed by atoms with van der Waals surface area (Å²) in [6.45, 7) is 4.59. The van der Waals surface area contributed by atoms with Crippen LogP contribution in [0.5, 0.6) is 0 Å². The van der Waals surface area contributed by atoms with Gasteiger partial charge in [-0.25, -0.2) is 0 Å². The molecule has 2 heteroatoms. The van der Waals surface area contributed by atoms with Crippen LogP contribution in [0.4, 0.5) is 0 Å². The molecule has 0 spiro atoms. The first-order valence-corrected chi connectivity index (χ1v) is 4.78. The minimum Gasteiger partial charge on any atom is -0.375 e. The Labute approximate surface area is 74.6 Å². The van der Waals surface area contributed by atoms with Crippen LogP contribution in [0.1, 0.15) is 26.2 Å². The molecule has 1 saturated heterocycles. The Bertz CT molecular complexity index is 128. The quantitative estimate of drug-likeness (QED) is 0.332. The van der Waals surface area contributed by atoms with Crippen LogP contribution < -0.4 is 0 Å². The number of hydrogen-bond acceptors (Lipinski definition) is 2.